The number of nitrogens with one attached hydrogen (secondary N) is 2. The Balaban J connectivity index is 1.49. The van der Waals surface area contributed by atoms with Gasteiger partial charge in [0.25, 0.3) is 0 Å². The molecule has 1 aliphatic rings. The van der Waals surface area contributed by atoms with Gasteiger partial charge in [0.1, 0.15) is 5.76 Å². The molecule has 0 saturated heterocycles. The van der Waals surface area contributed by atoms with Crippen LogP contribution in [0.4, 0.5) is 4.79 Å². The maximum Gasteiger partial charge on any atom is 0.315 e. The number of amides is 2. The molecule has 1 unspecified atom stereocenters. The number of rotatable bonds is 4. The normalized spacial score (nSPS) is 16.7. The van der Waals surface area contributed by atoms with Crippen LogP contribution in [-0.2, 0) is 12.8 Å². The summed E-state index contributed by atoms with van der Waals surface area (Å²) in [6.07, 6.45) is 5.24. The van der Waals surface area contributed by atoms with E-state index < -0.39 is 0 Å². The number of halogens is 2. The van der Waals surface area contributed by atoms with Crippen LogP contribution < -0.4 is 10.6 Å². The summed E-state index contributed by atoms with van der Waals surface area (Å²) < 4.78 is 5.43. The van der Waals surface area contributed by atoms with Crippen LogP contribution >= 0.6 is 23.2 Å². The van der Waals surface area contributed by atoms with Gasteiger partial charge >= 0.3 is 6.03 Å². The first-order valence-corrected chi connectivity index (χ1v) is 8.43. The summed E-state index contributed by atoms with van der Waals surface area (Å²) in [6.45, 7) is 0.512. The van der Waals surface area contributed by atoms with E-state index >= 15 is 0 Å². The highest BCUT2D eigenvalue weighted by Gasteiger charge is 2.23. The zero-order valence-electron chi connectivity index (χ0n) is 12.6. The van der Waals surface area contributed by atoms with Gasteiger partial charge in [0.15, 0.2) is 0 Å². The highest BCUT2D eigenvalue weighted by Crippen LogP contribution is 2.30. The van der Waals surface area contributed by atoms with E-state index in [1.807, 2.05) is 12.1 Å². The van der Waals surface area contributed by atoms with Gasteiger partial charge in [-0.05, 0) is 43.0 Å². The number of urea groups is 1. The third-order valence-corrected chi connectivity index (χ3v) is 4.64. The molecule has 0 spiro atoms. The van der Waals surface area contributed by atoms with Crippen molar-refractivity contribution in [1.82, 2.24) is 10.6 Å². The molecule has 2 aromatic rings. The molecule has 0 radical (unpaired) electrons. The number of aryl methyl sites for hydroxylation is 1. The summed E-state index contributed by atoms with van der Waals surface area (Å²) in [5.41, 5.74) is 2.05. The van der Waals surface area contributed by atoms with E-state index in [2.05, 4.69) is 10.6 Å². The number of fused-ring (bicyclic) bond motifs is 1. The minimum absolute atomic E-state index is 0.0246. The molecule has 3 rings (SSSR count). The van der Waals surface area contributed by atoms with Gasteiger partial charge in [-0.25, -0.2) is 4.79 Å². The summed E-state index contributed by atoms with van der Waals surface area (Å²) in [4.78, 5) is 12.1. The molecule has 4 nitrogen and oxygen atoms in total. The predicted molar refractivity (Wildman–Crippen MR) is 91.1 cm³/mol. The van der Waals surface area contributed by atoms with Crippen molar-refractivity contribution in [2.75, 3.05) is 6.54 Å². The SMILES string of the molecule is O=C(NCCc1ccc(Cl)cc1Cl)NC1CCCc2occc21. The average molecular weight is 353 g/mol. The number of carbonyl (C=O) groups is 1. The number of carbonyl (C=O) groups excluding carboxylic acids is 1. The third-order valence-electron chi connectivity index (χ3n) is 4.05. The lowest BCUT2D eigenvalue weighted by atomic mass is 9.93. The molecule has 1 heterocycles. The summed E-state index contributed by atoms with van der Waals surface area (Å²) in [5, 5.41) is 7.11. The topological polar surface area (TPSA) is 54.3 Å². The lowest BCUT2D eigenvalue weighted by molar-refractivity contribution is 0.235. The van der Waals surface area contributed by atoms with Crippen LogP contribution in [0.15, 0.2) is 34.9 Å². The minimum atomic E-state index is -0.172. The van der Waals surface area contributed by atoms with Crippen molar-refractivity contribution in [3.05, 3.63) is 57.5 Å². The van der Waals surface area contributed by atoms with Gasteiger partial charge in [0.2, 0.25) is 0 Å². The molecule has 1 aromatic carbocycles. The Morgan fingerprint density at radius 2 is 2.17 bits per heavy atom. The summed E-state index contributed by atoms with van der Waals surface area (Å²) >= 11 is 12.0. The summed E-state index contributed by atoms with van der Waals surface area (Å²) in [7, 11) is 0. The Hall–Kier alpha value is -1.65. The first-order chi connectivity index (χ1) is 11.1. The van der Waals surface area contributed by atoms with E-state index in [1.54, 1.807) is 18.4 Å². The van der Waals surface area contributed by atoms with Crippen molar-refractivity contribution in [3.63, 3.8) is 0 Å². The Labute approximate surface area is 145 Å². The van der Waals surface area contributed by atoms with E-state index in [9.17, 15) is 4.79 Å². The average Bonchev–Trinajstić information content (AvgIpc) is 2.99. The van der Waals surface area contributed by atoms with Crippen molar-refractivity contribution < 1.29 is 9.21 Å². The standard InChI is InChI=1S/C17H18Cl2N2O2/c18-12-5-4-11(14(19)10-12)6-8-20-17(22)21-15-2-1-3-16-13(15)7-9-23-16/h4-5,7,9-10,15H,1-3,6,8H2,(H2,20,21,22). The maximum atomic E-state index is 12.1. The van der Waals surface area contributed by atoms with E-state index in [0.717, 1.165) is 36.1 Å². The zero-order chi connectivity index (χ0) is 16.2. The first-order valence-electron chi connectivity index (χ1n) is 7.68. The van der Waals surface area contributed by atoms with Crippen LogP contribution in [-0.4, -0.2) is 12.6 Å². The molecule has 2 N–H and O–H groups in total. The van der Waals surface area contributed by atoms with Gasteiger partial charge in [-0.2, -0.15) is 0 Å². The van der Waals surface area contributed by atoms with Crippen LogP contribution in [0.5, 0.6) is 0 Å². The van der Waals surface area contributed by atoms with Crippen LogP contribution in [0.3, 0.4) is 0 Å². The lowest BCUT2D eigenvalue weighted by Crippen LogP contribution is -2.39. The lowest BCUT2D eigenvalue weighted by Gasteiger charge is -2.22. The Bertz CT molecular complexity index is 700. The zero-order valence-corrected chi connectivity index (χ0v) is 14.1. The second-order valence-electron chi connectivity index (χ2n) is 5.63. The largest absolute Gasteiger partial charge is 0.469 e. The molecule has 6 heteroatoms. The molecule has 0 saturated carbocycles. The van der Waals surface area contributed by atoms with Gasteiger partial charge in [-0.15, -0.1) is 0 Å². The number of furan rings is 1. The molecular formula is C17H18Cl2N2O2. The predicted octanol–water partition coefficient (Wildman–Crippen LogP) is 4.51. The van der Waals surface area contributed by atoms with Crippen LogP contribution in [0.1, 0.15) is 35.8 Å². The Kier molecular flexibility index (Phi) is 5.13. The third kappa shape index (κ3) is 4.01. The van der Waals surface area contributed by atoms with Crippen LogP contribution in [0.25, 0.3) is 0 Å². The smallest absolute Gasteiger partial charge is 0.315 e. The van der Waals surface area contributed by atoms with Crippen molar-refractivity contribution in [2.45, 2.75) is 31.7 Å². The number of benzene rings is 1. The van der Waals surface area contributed by atoms with Crippen molar-refractivity contribution in [3.8, 4) is 0 Å². The number of hydrogen-bond acceptors (Lipinski definition) is 2. The quantitative estimate of drug-likeness (QED) is 0.850. The molecular weight excluding hydrogens is 335 g/mol. The van der Waals surface area contributed by atoms with Gasteiger partial charge in [-0.1, -0.05) is 29.3 Å². The minimum Gasteiger partial charge on any atom is -0.469 e. The highest BCUT2D eigenvalue weighted by molar-refractivity contribution is 6.35. The van der Waals surface area contributed by atoms with E-state index in [1.165, 1.54) is 0 Å². The van der Waals surface area contributed by atoms with Crippen molar-refractivity contribution in [1.29, 1.82) is 0 Å². The van der Waals surface area contributed by atoms with Gasteiger partial charge in [0.05, 0.1) is 12.3 Å². The summed E-state index contributed by atoms with van der Waals surface area (Å²) in [5.74, 6) is 0.981. The molecule has 1 aliphatic carbocycles. The fourth-order valence-corrected chi connectivity index (χ4v) is 3.38. The van der Waals surface area contributed by atoms with Crippen molar-refractivity contribution in [2.24, 2.45) is 0 Å². The molecule has 2 amide bonds. The molecule has 122 valence electrons. The fourth-order valence-electron chi connectivity index (χ4n) is 2.88. The second kappa shape index (κ2) is 7.28. The second-order valence-corrected chi connectivity index (χ2v) is 6.47. The molecule has 1 atom stereocenters. The molecule has 0 bridgehead atoms. The molecule has 0 fully saturated rings. The van der Waals surface area contributed by atoms with Gasteiger partial charge < -0.3 is 15.1 Å². The fraction of sp³-hybridized carbons (Fsp3) is 0.353. The van der Waals surface area contributed by atoms with Crippen LogP contribution in [0, 0.1) is 0 Å². The number of hydrogen-bond donors (Lipinski definition) is 2. The van der Waals surface area contributed by atoms with Gasteiger partial charge in [-0.3, -0.25) is 0 Å². The first kappa shape index (κ1) is 16.2. The maximum absolute atomic E-state index is 12.1. The van der Waals surface area contributed by atoms with E-state index in [4.69, 9.17) is 27.6 Å². The summed E-state index contributed by atoms with van der Waals surface area (Å²) in [6, 6.07) is 7.17. The van der Waals surface area contributed by atoms with Crippen LogP contribution in [0.2, 0.25) is 10.0 Å². The van der Waals surface area contributed by atoms with Gasteiger partial charge in [0, 0.05) is 28.6 Å². The monoisotopic (exact) mass is 352 g/mol. The Morgan fingerprint density at radius 1 is 1.30 bits per heavy atom. The van der Waals surface area contributed by atoms with Crippen molar-refractivity contribution >= 4 is 29.2 Å². The molecule has 23 heavy (non-hydrogen) atoms. The molecule has 1 aromatic heterocycles. The van der Waals surface area contributed by atoms with E-state index in [0.29, 0.717) is 23.0 Å². The highest BCUT2D eigenvalue weighted by atomic mass is 35.5. The molecule has 0 aliphatic heterocycles. The Morgan fingerprint density at radius 3 is 3.00 bits per heavy atom. The van der Waals surface area contributed by atoms with E-state index in [-0.39, 0.29) is 12.1 Å².